The lowest BCUT2D eigenvalue weighted by Crippen LogP contribution is -2.33. The van der Waals surface area contributed by atoms with E-state index in [0.29, 0.717) is 44.2 Å². The molecule has 3 fully saturated rings. The molecule has 0 aromatic heterocycles. The summed E-state index contributed by atoms with van der Waals surface area (Å²) < 4.78 is 78.4. The molecule has 2 aromatic rings. The second kappa shape index (κ2) is 11.6. The van der Waals surface area contributed by atoms with Crippen molar-refractivity contribution in [1.29, 1.82) is 0 Å². The molecule has 5 rings (SSSR count). The molecule has 1 amide bonds. The highest BCUT2D eigenvalue weighted by Crippen LogP contribution is 2.38. The SMILES string of the molecule is O=C(CCCN1CC2CN(c3ccc(C(F)(F)F)cc3)CC2C1)N1CC[C@@H](Nc2ccc([N+](=O)[O-])c(C(F)(F)F)c2)C1. The van der Waals surface area contributed by atoms with E-state index in [1.54, 1.807) is 4.90 Å². The van der Waals surface area contributed by atoms with Gasteiger partial charge in [-0.25, -0.2) is 0 Å². The third kappa shape index (κ3) is 6.74. The molecule has 2 aromatic carbocycles. The first-order chi connectivity index (χ1) is 19.8. The molecule has 0 aliphatic carbocycles. The van der Waals surface area contributed by atoms with Gasteiger partial charge in [-0.05, 0) is 67.6 Å². The number of nitrogens with zero attached hydrogens (tertiary/aromatic N) is 4. The summed E-state index contributed by atoms with van der Waals surface area (Å²) in [5.41, 5.74) is -2.07. The van der Waals surface area contributed by atoms with Gasteiger partial charge in [-0.15, -0.1) is 0 Å². The largest absolute Gasteiger partial charge is 0.423 e. The monoisotopic (exact) mass is 599 g/mol. The molecule has 3 aliphatic heterocycles. The van der Waals surface area contributed by atoms with Crippen molar-refractivity contribution < 1.29 is 36.1 Å². The first-order valence-electron chi connectivity index (χ1n) is 13.8. The molecule has 1 N–H and O–H groups in total. The van der Waals surface area contributed by atoms with Crippen LogP contribution in [0.5, 0.6) is 0 Å². The van der Waals surface area contributed by atoms with E-state index in [4.69, 9.17) is 0 Å². The zero-order chi connectivity index (χ0) is 30.2. The molecule has 0 radical (unpaired) electrons. The lowest BCUT2D eigenvalue weighted by atomic mass is 10.0. The summed E-state index contributed by atoms with van der Waals surface area (Å²) in [4.78, 5) is 28.8. The van der Waals surface area contributed by atoms with Gasteiger partial charge in [0.05, 0.1) is 10.5 Å². The quantitative estimate of drug-likeness (QED) is 0.246. The second-order valence-electron chi connectivity index (χ2n) is 11.3. The van der Waals surface area contributed by atoms with Gasteiger partial charge in [0.1, 0.15) is 5.56 Å². The number of anilines is 2. The summed E-state index contributed by atoms with van der Waals surface area (Å²) in [6, 6.07) is 7.83. The number of hydrogen-bond donors (Lipinski definition) is 1. The van der Waals surface area contributed by atoms with E-state index in [1.807, 2.05) is 0 Å². The molecule has 8 nitrogen and oxygen atoms in total. The maximum Gasteiger partial charge on any atom is 0.423 e. The lowest BCUT2D eigenvalue weighted by molar-refractivity contribution is -0.388. The Labute approximate surface area is 238 Å². The molecule has 0 spiro atoms. The molecule has 228 valence electrons. The van der Waals surface area contributed by atoms with Gasteiger partial charge < -0.3 is 20.0 Å². The van der Waals surface area contributed by atoms with Crippen molar-refractivity contribution in [2.24, 2.45) is 11.8 Å². The van der Waals surface area contributed by atoms with Crippen LogP contribution in [-0.4, -0.2) is 72.5 Å². The van der Waals surface area contributed by atoms with Crippen LogP contribution in [0.15, 0.2) is 42.5 Å². The number of carbonyl (C=O) groups is 1. The van der Waals surface area contributed by atoms with E-state index in [1.165, 1.54) is 18.2 Å². The predicted molar refractivity (Wildman–Crippen MR) is 143 cm³/mol. The van der Waals surface area contributed by atoms with Crippen LogP contribution in [0.4, 0.5) is 43.4 Å². The van der Waals surface area contributed by atoms with Crippen LogP contribution in [0.25, 0.3) is 0 Å². The number of likely N-dealkylation sites (tertiary alicyclic amines) is 2. The van der Waals surface area contributed by atoms with Gasteiger partial charge in [-0.1, -0.05) is 0 Å². The summed E-state index contributed by atoms with van der Waals surface area (Å²) in [5, 5.41) is 13.9. The molecule has 0 saturated carbocycles. The fourth-order valence-corrected chi connectivity index (χ4v) is 6.31. The van der Waals surface area contributed by atoms with E-state index in [0.717, 1.165) is 62.7 Å². The number of nitro benzene ring substituents is 1. The number of nitro groups is 1. The van der Waals surface area contributed by atoms with Crippen LogP contribution < -0.4 is 10.2 Å². The van der Waals surface area contributed by atoms with E-state index in [2.05, 4.69) is 15.1 Å². The van der Waals surface area contributed by atoms with Crippen LogP contribution in [-0.2, 0) is 17.1 Å². The highest BCUT2D eigenvalue weighted by Gasteiger charge is 2.41. The molecular weight excluding hydrogens is 568 g/mol. The van der Waals surface area contributed by atoms with Crippen LogP contribution in [0.2, 0.25) is 0 Å². The Morgan fingerprint density at radius 2 is 1.60 bits per heavy atom. The Bertz CT molecular complexity index is 1290. The number of rotatable bonds is 8. The molecule has 14 heteroatoms. The van der Waals surface area contributed by atoms with Crippen molar-refractivity contribution >= 4 is 23.0 Å². The minimum Gasteiger partial charge on any atom is -0.380 e. The Kier molecular flexibility index (Phi) is 8.28. The standard InChI is InChI=1S/C28H31F6N5O3/c29-27(30,31)20-3-6-23(7-4-20)38-15-18-13-36(14-19(18)16-38)10-1-2-26(40)37-11-9-22(17-37)35-21-5-8-25(39(41)42)24(12-21)28(32,33)34/h3-8,12,18-19,22,35H,1-2,9-11,13-17H2/t18?,19?,22-/m1/s1. The Morgan fingerprint density at radius 1 is 0.929 bits per heavy atom. The first-order valence-corrected chi connectivity index (χ1v) is 13.8. The normalized spacial score (nSPS) is 23.0. The summed E-state index contributed by atoms with van der Waals surface area (Å²) in [6.45, 7) is 4.90. The van der Waals surface area contributed by atoms with Gasteiger partial charge in [-0.3, -0.25) is 14.9 Å². The number of amides is 1. The highest BCUT2D eigenvalue weighted by molar-refractivity contribution is 5.76. The summed E-state index contributed by atoms with van der Waals surface area (Å²) in [7, 11) is 0. The van der Waals surface area contributed by atoms with Crippen LogP contribution >= 0.6 is 0 Å². The van der Waals surface area contributed by atoms with Crippen LogP contribution in [0.3, 0.4) is 0 Å². The summed E-state index contributed by atoms with van der Waals surface area (Å²) in [5.74, 6) is 0.822. The third-order valence-electron chi connectivity index (χ3n) is 8.40. The zero-order valence-corrected chi connectivity index (χ0v) is 22.6. The molecule has 0 bridgehead atoms. The fraction of sp³-hybridized carbons (Fsp3) is 0.536. The summed E-state index contributed by atoms with van der Waals surface area (Å²) in [6.07, 6.45) is -7.64. The molecular formula is C28H31F6N5O3. The Balaban J connectivity index is 1.04. The number of fused-ring (bicyclic) bond motifs is 1. The van der Waals surface area contributed by atoms with Gasteiger partial charge in [0.15, 0.2) is 0 Å². The maximum absolute atomic E-state index is 13.3. The number of benzene rings is 2. The van der Waals surface area contributed by atoms with E-state index in [-0.39, 0.29) is 17.6 Å². The van der Waals surface area contributed by atoms with Crippen molar-refractivity contribution in [2.45, 2.75) is 37.7 Å². The smallest absolute Gasteiger partial charge is 0.380 e. The van der Waals surface area contributed by atoms with Gasteiger partial charge in [0, 0.05) is 69.2 Å². The highest BCUT2D eigenvalue weighted by atomic mass is 19.4. The molecule has 3 heterocycles. The van der Waals surface area contributed by atoms with Gasteiger partial charge in [0.2, 0.25) is 5.91 Å². The average molecular weight is 600 g/mol. The molecule has 2 unspecified atom stereocenters. The zero-order valence-electron chi connectivity index (χ0n) is 22.6. The van der Waals surface area contributed by atoms with Crippen LogP contribution in [0, 0.1) is 22.0 Å². The van der Waals surface area contributed by atoms with Crippen molar-refractivity contribution in [3.8, 4) is 0 Å². The number of alkyl halides is 6. The number of nitrogens with one attached hydrogen (secondary N) is 1. The number of carbonyl (C=O) groups excluding carboxylic acids is 1. The van der Waals surface area contributed by atoms with Gasteiger partial charge in [-0.2, -0.15) is 26.3 Å². The Morgan fingerprint density at radius 3 is 2.19 bits per heavy atom. The minimum absolute atomic E-state index is 0.0214. The van der Waals surface area contributed by atoms with Crippen LogP contribution in [0.1, 0.15) is 30.4 Å². The van der Waals surface area contributed by atoms with E-state index in [9.17, 15) is 41.3 Å². The van der Waals surface area contributed by atoms with Gasteiger partial charge in [0.25, 0.3) is 5.69 Å². The minimum atomic E-state index is -4.86. The van der Waals surface area contributed by atoms with E-state index < -0.39 is 34.1 Å². The second-order valence-corrected chi connectivity index (χ2v) is 11.3. The molecule has 42 heavy (non-hydrogen) atoms. The maximum atomic E-state index is 13.3. The summed E-state index contributed by atoms with van der Waals surface area (Å²) >= 11 is 0. The van der Waals surface area contributed by atoms with Crippen molar-refractivity contribution in [3.05, 3.63) is 63.7 Å². The predicted octanol–water partition coefficient (Wildman–Crippen LogP) is 5.49. The average Bonchev–Trinajstić information content (AvgIpc) is 3.63. The first kappa shape index (κ1) is 29.9. The Hall–Kier alpha value is -3.55. The number of halogens is 6. The third-order valence-corrected chi connectivity index (χ3v) is 8.40. The molecule has 3 aliphatic rings. The van der Waals surface area contributed by atoms with Crippen molar-refractivity contribution in [3.63, 3.8) is 0 Å². The van der Waals surface area contributed by atoms with Crippen molar-refractivity contribution in [1.82, 2.24) is 9.80 Å². The molecule has 3 saturated heterocycles. The number of hydrogen-bond acceptors (Lipinski definition) is 6. The van der Waals surface area contributed by atoms with E-state index >= 15 is 0 Å². The lowest BCUT2D eigenvalue weighted by Gasteiger charge is -2.23. The van der Waals surface area contributed by atoms with Gasteiger partial charge >= 0.3 is 12.4 Å². The van der Waals surface area contributed by atoms with Crippen molar-refractivity contribution in [2.75, 3.05) is 56.0 Å². The topological polar surface area (TPSA) is 82.0 Å². The fourth-order valence-electron chi connectivity index (χ4n) is 6.31. The molecule has 3 atom stereocenters.